The first-order valence-corrected chi connectivity index (χ1v) is 2.67. The first kappa shape index (κ1) is 6.66. The van der Waals surface area contributed by atoms with E-state index in [4.69, 9.17) is 0 Å². The summed E-state index contributed by atoms with van der Waals surface area (Å²) in [6, 6.07) is 0. The SMILES string of the molecule is CCOC(=O)n1n[c]nn1. The lowest BCUT2D eigenvalue weighted by atomic mass is 10.9. The summed E-state index contributed by atoms with van der Waals surface area (Å²) >= 11 is 0. The quantitative estimate of drug-likeness (QED) is 0.526. The molecule has 0 aliphatic carbocycles. The Hall–Kier alpha value is -1.46. The molecule has 0 unspecified atom stereocenters. The van der Waals surface area contributed by atoms with Gasteiger partial charge in [-0.25, -0.2) is 4.79 Å². The first-order chi connectivity index (χ1) is 4.84. The third-order valence-corrected chi connectivity index (χ3v) is 0.745. The van der Waals surface area contributed by atoms with Crippen molar-refractivity contribution in [2.75, 3.05) is 6.61 Å². The van der Waals surface area contributed by atoms with E-state index in [9.17, 15) is 4.79 Å². The molecule has 1 rings (SSSR count). The maximum absolute atomic E-state index is 10.7. The molecule has 1 heterocycles. The van der Waals surface area contributed by atoms with Gasteiger partial charge in [-0.05, 0) is 12.1 Å². The van der Waals surface area contributed by atoms with Gasteiger partial charge in [0.2, 0.25) is 6.33 Å². The molecule has 0 aliphatic heterocycles. The molecule has 53 valence electrons. The van der Waals surface area contributed by atoms with E-state index in [2.05, 4.69) is 26.5 Å². The number of hydrogen-bond donors (Lipinski definition) is 0. The average Bonchev–Trinajstić information content (AvgIpc) is 2.38. The Morgan fingerprint density at radius 3 is 3.10 bits per heavy atom. The van der Waals surface area contributed by atoms with Crippen LogP contribution in [0, 0.1) is 6.33 Å². The number of hydrogen-bond acceptors (Lipinski definition) is 5. The van der Waals surface area contributed by atoms with E-state index in [-0.39, 0.29) is 0 Å². The Labute approximate surface area is 56.8 Å². The van der Waals surface area contributed by atoms with E-state index in [1.807, 2.05) is 0 Å². The van der Waals surface area contributed by atoms with Crippen LogP contribution in [0.5, 0.6) is 0 Å². The van der Waals surface area contributed by atoms with Gasteiger partial charge >= 0.3 is 6.09 Å². The van der Waals surface area contributed by atoms with E-state index in [1.54, 1.807) is 6.92 Å². The molecule has 0 N–H and O–H groups in total. The summed E-state index contributed by atoms with van der Waals surface area (Å²) in [5, 5.41) is 9.79. The lowest BCUT2D eigenvalue weighted by Gasteiger charge is -1.95. The number of tetrazole rings is 1. The molecule has 1 radical (unpaired) electrons. The van der Waals surface area contributed by atoms with Crippen molar-refractivity contribution in [2.24, 2.45) is 0 Å². The smallest absolute Gasteiger partial charge is 0.447 e. The van der Waals surface area contributed by atoms with E-state index in [0.717, 1.165) is 4.80 Å². The minimum absolute atomic E-state index is 0.292. The summed E-state index contributed by atoms with van der Waals surface area (Å²) in [5.74, 6) is 0. The van der Waals surface area contributed by atoms with Crippen LogP contribution >= 0.6 is 0 Å². The van der Waals surface area contributed by atoms with Crippen LogP contribution in [0.15, 0.2) is 0 Å². The van der Waals surface area contributed by atoms with Crippen molar-refractivity contribution in [1.29, 1.82) is 0 Å². The molecule has 10 heavy (non-hydrogen) atoms. The number of rotatable bonds is 1. The molecular formula is C4H5N4O2. The Kier molecular flexibility index (Phi) is 1.93. The fourth-order valence-electron chi connectivity index (χ4n) is 0.403. The van der Waals surface area contributed by atoms with Gasteiger partial charge in [-0.2, -0.15) is 0 Å². The average molecular weight is 141 g/mol. The molecule has 0 spiro atoms. The van der Waals surface area contributed by atoms with Crippen LogP contribution in [0.1, 0.15) is 6.92 Å². The molecule has 0 aliphatic rings. The van der Waals surface area contributed by atoms with Crippen LogP contribution in [-0.2, 0) is 4.74 Å². The number of nitrogens with zero attached hydrogens (tertiary/aromatic N) is 4. The topological polar surface area (TPSA) is 69.9 Å². The Bertz CT molecular complexity index is 207. The van der Waals surface area contributed by atoms with Gasteiger partial charge in [0, 0.05) is 0 Å². The number of carbonyl (C=O) groups is 1. The Morgan fingerprint density at radius 1 is 1.80 bits per heavy atom. The van der Waals surface area contributed by atoms with Crippen molar-refractivity contribution in [2.45, 2.75) is 6.92 Å². The highest BCUT2D eigenvalue weighted by Gasteiger charge is 2.05. The van der Waals surface area contributed by atoms with Crippen LogP contribution in [-0.4, -0.2) is 32.9 Å². The summed E-state index contributed by atoms with van der Waals surface area (Å²) in [6.07, 6.45) is 1.48. The Morgan fingerprint density at radius 2 is 2.60 bits per heavy atom. The molecular weight excluding hydrogens is 136 g/mol. The molecule has 0 aromatic carbocycles. The maximum atomic E-state index is 10.7. The lowest BCUT2D eigenvalue weighted by molar-refractivity contribution is 0.145. The minimum Gasteiger partial charge on any atom is -0.447 e. The molecule has 0 saturated carbocycles. The predicted molar refractivity (Wildman–Crippen MR) is 29.1 cm³/mol. The van der Waals surface area contributed by atoms with E-state index >= 15 is 0 Å². The van der Waals surface area contributed by atoms with Crippen LogP contribution in [0.2, 0.25) is 0 Å². The summed E-state index contributed by atoms with van der Waals surface area (Å²) in [5.41, 5.74) is 0. The molecule has 1 aromatic rings. The minimum atomic E-state index is -0.642. The summed E-state index contributed by atoms with van der Waals surface area (Å²) in [4.78, 5) is 11.4. The molecule has 0 saturated heterocycles. The van der Waals surface area contributed by atoms with Gasteiger partial charge in [0.25, 0.3) is 0 Å². The van der Waals surface area contributed by atoms with Crippen LogP contribution < -0.4 is 0 Å². The monoisotopic (exact) mass is 141 g/mol. The zero-order valence-electron chi connectivity index (χ0n) is 5.31. The summed E-state index contributed by atoms with van der Waals surface area (Å²) in [7, 11) is 0. The van der Waals surface area contributed by atoms with Gasteiger partial charge in [0.05, 0.1) is 6.61 Å². The maximum Gasteiger partial charge on any atom is 0.453 e. The number of aromatic nitrogens is 4. The standard InChI is InChI=1S/C4H5N4O2/c1-2-10-4(9)8-6-3-5-7-8/h2H2,1H3. The largest absolute Gasteiger partial charge is 0.453 e. The Balaban J connectivity index is 2.59. The van der Waals surface area contributed by atoms with Crippen molar-refractivity contribution in [3.05, 3.63) is 6.33 Å². The fourth-order valence-corrected chi connectivity index (χ4v) is 0.403. The summed E-state index contributed by atoms with van der Waals surface area (Å²) in [6.45, 7) is 1.99. The molecule has 0 bridgehead atoms. The predicted octanol–water partition coefficient (Wildman–Crippen LogP) is -0.522. The number of ether oxygens (including phenoxy) is 1. The van der Waals surface area contributed by atoms with Crippen molar-refractivity contribution < 1.29 is 9.53 Å². The van der Waals surface area contributed by atoms with Crippen molar-refractivity contribution in [3.63, 3.8) is 0 Å². The zero-order chi connectivity index (χ0) is 7.40. The molecule has 0 amide bonds. The van der Waals surface area contributed by atoms with Crippen LogP contribution in [0.4, 0.5) is 4.79 Å². The molecule has 0 atom stereocenters. The summed E-state index contributed by atoms with van der Waals surface area (Å²) < 4.78 is 4.53. The second-order valence-electron chi connectivity index (χ2n) is 1.38. The number of carbonyl (C=O) groups excluding carboxylic acids is 1. The van der Waals surface area contributed by atoms with Crippen molar-refractivity contribution in [1.82, 2.24) is 20.2 Å². The molecule has 0 fully saturated rings. The first-order valence-electron chi connectivity index (χ1n) is 2.67. The second kappa shape index (κ2) is 2.90. The highest BCUT2D eigenvalue weighted by atomic mass is 16.6. The van der Waals surface area contributed by atoms with E-state index < -0.39 is 6.09 Å². The van der Waals surface area contributed by atoms with Gasteiger partial charge in [0.1, 0.15) is 0 Å². The zero-order valence-corrected chi connectivity index (χ0v) is 5.31. The molecule has 6 heteroatoms. The molecule has 6 nitrogen and oxygen atoms in total. The van der Waals surface area contributed by atoms with Gasteiger partial charge < -0.3 is 4.74 Å². The fraction of sp³-hybridized carbons (Fsp3) is 0.500. The van der Waals surface area contributed by atoms with Gasteiger partial charge in [-0.3, -0.25) is 0 Å². The molecule has 1 aromatic heterocycles. The lowest BCUT2D eigenvalue weighted by Crippen LogP contribution is -2.16. The normalized spacial score (nSPS) is 9.30. The second-order valence-corrected chi connectivity index (χ2v) is 1.38. The van der Waals surface area contributed by atoms with Crippen molar-refractivity contribution in [3.8, 4) is 0 Å². The van der Waals surface area contributed by atoms with Gasteiger partial charge in [-0.15, -0.1) is 10.2 Å². The van der Waals surface area contributed by atoms with E-state index in [0.29, 0.717) is 6.61 Å². The van der Waals surface area contributed by atoms with Crippen LogP contribution in [0.25, 0.3) is 0 Å². The van der Waals surface area contributed by atoms with Gasteiger partial charge in [-0.1, -0.05) is 4.80 Å². The van der Waals surface area contributed by atoms with Crippen LogP contribution in [0.3, 0.4) is 0 Å². The third-order valence-electron chi connectivity index (χ3n) is 0.745. The van der Waals surface area contributed by atoms with E-state index in [1.165, 1.54) is 0 Å². The highest BCUT2D eigenvalue weighted by Crippen LogP contribution is 1.80. The van der Waals surface area contributed by atoms with Gasteiger partial charge in [0.15, 0.2) is 0 Å². The highest BCUT2D eigenvalue weighted by molar-refractivity contribution is 5.67. The third kappa shape index (κ3) is 1.28. The van der Waals surface area contributed by atoms with Crippen molar-refractivity contribution >= 4 is 6.09 Å².